The normalized spacial score (nSPS) is 27.0. The summed E-state index contributed by atoms with van der Waals surface area (Å²) >= 11 is 0. The smallest absolute Gasteiger partial charge is 0.484 e. The van der Waals surface area contributed by atoms with Crippen molar-refractivity contribution >= 4 is 23.1 Å². The number of carbonyl (C=O) groups is 2. The fraction of sp³-hybridized carbons (Fsp3) is 0.500. The van der Waals surface area contributed by atoms with Gasteiger partial charge in [-0.2, -0.15) is 0 Å². The first-order valence-corrected chi connectivity index (χ1v) is 10.1. The molecule has 0 radical (unpaired) electrons. The van der Waals surface area contributed by atoms with E-state index in [1.807, 2.05) is 20.8 Å². The van der Waals surface area contributed by atoms with Gasteiger partial charge in [0.2, 0.25) is 0 Å². The number of benzene rings is 1. The summed E-state index contributed by atoms with van der Waals surface area (Å²) in [5, 5.41) is 0.537. The van der Waals surface area contributed by atoms with Crippen molar-refractivity contribution in [2.24, 2.45) is 5.92 Å². The molecule has 31 heavy (non-hydrogen) atoms. The Kier molecular flexibility index (Phi) is 5.38. The largest absolute Gasteiger partial charge is 0.509 e. The maximum absolute atomic E-state index is 12.2. The fourth-order valence-electron chi connectivity index (χ4n) is 3.77. The molecular formula is C22H24O9. The topological polar surface area (TPSA) is 110 Å². The average molecular weight is 432 g/mol. The molecule has 2 aliphatic rings. The lowest BCUT2D eigenvalue weighted by atomic mass is 9.85. The number of esters is 1. The Morgan fingerprint density at radius 2 is 1.90 bits per heavy atom. The van der Waals surface area contributed by atoms with E-state index in [4.69, 9.17) is 28.1 Å². The zero-order valence-electron chi connectivity index (χ0n) is 17.7. The highest BCUT2D eigenvalue weighted by molar-refractivity contribution is 5.93. The van der Waals surface area contributed by atoms with Gasteiger partial charge in [-0.15, -0.1) is 0 Å². The minimum Gasteiger partial charge on any atom is -0.484 e. The lowest BCUT2D eigenvalue weighted by molar-refractivity contribution is -0.0810. The Labute approximate surface area is 178 Å². The Morgan fingerprint density at radius 3 is 2.65 bits per heavy atom. The van der Waals surface area contributed by atoms with Crippen LogP contribution in [0, 0.1) is 5.92 Å². The van der Waals surface area contributed by atoms with Crippen LogP contribution in [0.5, 0.6) is 5.75 Å². The Hall–Kier alpha value is -3.07. The van der Waals surface area contributed by atoms with Crippen molar-refractivity contribution in [3.8, 4) is 5.75 Å². The van der Waals surface area contributed by atoms with Crippen LogP contribution in [0.1, 0.15) is 38.1 Å². The second-order valence-corrected chi connectivity index (χ2v) is 8.14. The van der Waals surface area contributed by atoms with E-state index in [0.29, 0.717) is 11.1 Å². The third kappa shape index (κ3) is 3.97. The second-order valence-electron chi connectivity index (χ2n) is 8.14. The minimum absolute atomic E-state index is 0.117. The molecule has 0 saturated carbocycles. The molecular weight excluding hydrogens is 408 g/mol. The lowest BCUT2D eigenvalue weighted by Gasteiger charge is -2.31. The summed E-state index contributed by atoms with van der Waals surface area (Å²) in [7, 11) is 0. The van der Waals surface area contributed by atoms with E-state index in [1.165, 1.54) is 12.1 Å². The maximum Gasteiger partial charge on any atom is 0.509 e. The van der Waals surface area contributed by atoms with E-state index in [9.17, 15) is 14.4 Å². The zero-order chi connectivity index (χ0) is 22.3. The van der Waals surface area contributed by atoms with Crippen LogP contribution in [0.25, 0.3) is 11.0 Å². The standard InChI is InChI=1S/C22H24O9/c1-5-26-19(23)14-8-12-6-7-13(9-15(12)29-20(14)24)28-16-10-27-22(3,4)11(2)17-18(16)31-21(25)30-17/h6-9,11,16-18H,5,10H2,1-4H3. The van der Waals surface area contributed by atoms with E-state index < -0.39 is 41.7 Å². The quantitative estimate of drug-likeness (QED) is 0.531. The van der Waals surface area contributed by atoms with Crippen molar-refractivity contribution in [3.63, 3.8) is 0 Å². The maximum atomic E-state index is 12.2. The highest BCUT2D eigenvalue weighted by atomic mass is 16.8. The van der Waals surface area contributed by atoms with Gasteiger partial charge < -0.3 is 28.1 Å². The molecule has 166 valence electrons. The predicted molar refractivity (Wildman–Crippen MR) is 107 cm³/mol. The first kappa shape index (κ1) is 21.2. The zero-order valence-corrected chi connectivity index (χ0v) is 17.7. The van der Waals surface area contributed by atoms with Gasteiger partial charge in [-0.3, -0.25) is 0 Å². The highest BCUT2D eigenvalue weighted by Gasteiger charge is 2.53. The molecule has 2 aliphatic heterocycles. The number of hydrogen-bond donors (Lipinski definition) is 0. The van der Waals surface area contributed by atoms with Crippen molar-refractivity contribution in [3.05, 3.63) is 40.2 Å². The summed E-state index contributed by atoms with van der Waals surface area (Å²) in [5.74, 6) is -0.462. The second kappa shape index (κ2) is 7.88. The molecule has 0 N–H and O–H groups in total. The third-order valence-corrected chi connectivity index (χ3v) is 5.85. The Bertz CT molecular complexity index is 1070. The molecule has 0 amide bonds. The van der Waals surface area contributed by atoms with E-state index in [-0.39, 0.29) is 30.3 Å². The van der Waals surface area contributed by atoms with Crippen LogP contribution in [-0.2, 0) is 18.9 Å². The van der Waals surface area contributed by atoms with Gasteiger partial charge in [-0.1, -0.05) is 6.92 Å². The average Bonchev–Trinajstić information content (AvgIpc) is 3.08. The first-order valence-electron chi connectivity index (χ1n) is 10.1. The molecule has 3 heterocycles. The van der Waals surface area contributed by atoms with Gasteiger partial charge in [0.05, 0.1) is 18.8 Å². The molecule has 9 heteroatoms. The summed E-state index contributed by atoms with van der Waals surface area (Å²) in [4.78, 5) is 35.9. The van der Waals surface area contributed by atoms with Gasteiger partial charge in [0.1, 0.15) is 16.9 Å². The lowest BCUT2D eigenvalue weighted by Crippen LogP contribution is -2.43. The van der Waals surface area contributed by atoms with Gasteiger partial charge in [0.15, 0.2) is 18.3 Å². The molecule has 0 bridgehead atoms. The predicted octanol–water partition coefficient (Wildman–Crippen LogP) is 3.07. The number of hydrogen-bond acceptors (Lipinski definition) is 9. The molecule has 0 aliphatic carbocycles. The number of fused-ring (bicyclic) bond motifs is 2. The van der Waals surface area contributed by atoms with Crippen LogP contribution < -0.4 is 10.4 Å². The van der Waals surface area contributed by atoms with Gasteiger partial charge in [0, 0.05) is 17.4 Å². The van der Waals surface area contributed by atoms with Gasteiger partial charge >= 0.3 is 17.8 Å². The van der Waals surface area contributed by atoms with Crippen LogP contribution in [-0.4, -0.2) is 49.3 Å². The van der Waals surface area contributed by atoms with E-state index in [1.54, 1.807) is 19.1 Å². The molecule has 1 aromatic carbocycles. The van der Waals surface area contributed by atoms with Crippen LogP contribution in [0.2, 0.25) is 0 Å². The Balaban J connectivity index is 1.62. The van der Waals surface area contributed by atoms with E-state index in [2.05, 4.69) is 0 Å². The molecule has 2 fully saturated rings. The molecule has 2 saturated heterocycles. The SMILES string of the molecule is CCOC(=O)c1cc2ccc(OC3COC(C)(C)C(C)C4OC(=O)OC34)cc2oc1=O. The minimum atomic E-state index is -0.797. The molecule has 1 aromatic heterocycles. The summed E-state index contributed by atoms with van der Waals surface area (Å²) in [6.45, 7) is 7.77. The van der Waals surface area contributed by atoms with Crippen LogP contribution in [0.15, 0.2) is 33.5 Å². The van der Waals surface area contributed by atoms with Crippen molar-refractivity contribution in [2.45, 2.75) is 51.6 Å². The monoisotopic (exact) mass is 432 g/mol. The van der Waals surface area contributed by atoms with Crippen LogP contribution in [0.3, 0.4) is 0 Å². The highest BCUT2D eigenvalue weighted by Crippen LogP contribution is 2.37. The molecule has 0 spiro atoms. The summed E-state index contributed by atoms with van der Waals surface area (Å²) < 4.78 is 33.0. The molecule has 4 unspecified atom stereocenters. The third-order valence-electron chi connectivity index (χ3n) is 5.85. The van der Waals surface area contributed by atoms with Gasteiger partial charge in [-0.05, 0) is 39.0 Å². The van der Waals surface area contributed by atoms with Crippen molar-refractivity contribution in [1.82, 2.24) is 0 Å². The summed E-state index contributed by atoms with van der Waals surface area (Å²) in [5.41, 5.74) is -1.27. The number of rotatable bonds is 4. The fourth-order valence-corrected chi connectivity index (χ4v) is 3.77. The molecule has 2 aromatic rings. The van der Waals surface area contributed by atoms with Crippen molar-refractivity contribution in [2.75, 3.05) is 13.2 Å². The molecule has 4 rings (SSSR count). The number of ether oxygens (including phenoxy) is 5. The van der Waals surface area contributed by atoms with Crippen LogP contribution in [0.4, 0.5) is 4.79 Å². The van der Waals surface area contributed by atoms with E-state index >= 15 is 0 Å². The Morgan fingerprint density at radius 1 is 1.16 bits per heavy atom. The van der Waals surface area contributed by atoms with E-state index in [0.717, 1.165) is 0 Å². The van der Waals surface area contributed by atoms with Gasteiger partial charge in [0.25, 0.3) is 0 Å². The van der Waals surface area contributed by atoms with Crippen molar-refractivity contribution in [1.29, 1.82) is 0 Å². The van der Waals surface area contributed by atoms with Crippen LogP contribution >= 0.6 is 0 Å². The summed E-state index contributed by atoms with van der Waals surface area (Å²) in [6.07, 6.45) is -2.51. The summed E-state index contributed by atoms with van der Waals surface area (Å²) in [6, 6.07) is 6.29. The first-order chi connectivity index (χ1) is 14.7. The molecule has 4 atom stereocenters. The van der Waals surface area contributed by atoms with Crippen molar-refractivity contribution < 1.29 is 37.7 Å². The molecule has 9 nitrogen and oxygen atoms in total. The van der Waals surface area contributed by atoms with Gasteiger partial charge in [-0.25, -0.2) is 14.4 Å². The number of carbonyl (C=O) groups excluding carboxylic acids is 2.